The predicted molar refractivity (Wildman–Crippen MR) is 61.6 cm³/mol. The largest absolute Gasteiger partial charge is 0.389 e. The standard InChI is InChI=1S/C10H17N3S/c1-2-7-4-3-5-8(7)13-10-12-6-9(11)14-10/h6-8H,2-5,11H2,1H3,(H,12,13). The fourth-order valence-corrected chi connectivity index (χ4v) is 2.87. The molecule has 2 atom stereocenters. The highest BCUT2D eigenvalue weighted by molar-refractivity contribution is 7.19. The van der Waals surface area contributed by atoms with Gasteiger partial charge in [0.15, 0.2) is 5.13 Å². The van der Waals surface area contributed by atoms with Crippen molar-refractivity contribution in [3.8, 4) is 0 Å². The minimum atomic E-state index is 0.616. The van der Waals surface area contributed by atoms with E-state index < -0.39 is 0 Å². The van der Waals surface area contributed by atoms with Gasteiger partial charge in [-0.2, -0.15) is 0 Å². The van der Waals surface area contributed by atoms with Crippen LogP contribution in [0.4, 0.5) is 10.1 Å². The Morgan fingerprint density at radius 3 is 3.14 bits per heavy atom. The Morgan fingerprint density at radius 2 is 2.50 bits per heavy atom. The number of hydrogen-bond acceptors (Lipinski definition) is 4. The highest BCUT2D eigenvalue weighted by Gasteiger charge is 2.25. The van der Waals surface area contributed by atoms with Crippen LogP contribution in [-0.4, -0.2) is 11.0 Å². The summed E-state index contributed by atoms with van der Waals surface area (Å²) in [5.74, 6) is 0.820. The minimum absolute atomic E-state index is 0.616. The van der Waals surface area contributed by atoms with Crippen molar-refractivity contribution in [2.24, 2.45) is 5.92 Å². The second kappa shape index (κ2) is 4.17. The van der Waals surface area contributed by atoms with Crippen LogP contribution in [0.1, 0.15) is 32.6 Å². The van der Waals surface area contributed by atoms with Crippen LogP contribution in [-0.2, 0) is 0 Å². The zero-order valence-corrected chi connectivity index (χ0v) is 9.31. The van der Waals surface area contributed by atoms with Crippen LogP contribution in [0.25, 0.3) is 0 Å². The smallest absolute Gasteiger partial charge is 0.184 e. The summed E-state index contributed by atoms with van der Waals surface area (Å²) < 4.78 is 0. The molecule has 1 heterocycles. The average Bonchev–Trinajstić information content (AvgIpc) is 2.76. The maximum absolute atomic E-state index is 5.64. The molecule has 1 saturated carbocycles. The van der Waals surface area contributed by atoms with Gasteiger partial charge in [-0.05, 0) is 18.8 Å². The zero-order valence-electron chi connectivity index (χ0n) is 8.49. The SMILES string of the molecule is CCC1CCCC1Nc1ncc(N)s1. The number of rotatable bonds is 3. The molecule has 0 aromatic carbocycles. The lowest BCUT2D eigenvalue weighted by Gasteiger charge is -2.18. The number of anilines is 2. The molecule has 0 spiro atoms. The Bertz CT molecular complexity index is 297. The number of thiazole rings is 1. The molecule has 1 aliphatic carbocycles. The summed E-state index contributed by atoms with van der Waals surface area (Å²) in [6.45, 7) is 2.26. The van der Waals surface area contributed by atoms with Gasteiger partial charge in [0.2, 0.25) is 0 Å². The summed E-state index contributed by atoms with van der Waals surface area (Å²) in [6.07, 6.45) is 6.96. The predicted octanol–water partition coefficient (Wildman–Crippen LogP) is 2.72. The molecule has 0 aliphatic heterocycles. The first kappa shape index (κ1) is 9.77. The molecule has 4 heteroatoms. The van der Waals surface area contributed by atoms with Gasteiger partial charge in [-0.3, -0.25) is 0 Å². The zero-order chi connectivity index (χ0) is 9.97. The van der Waals surface area contributed by atoms with E-state index in [4.69, 9.17) is 5.73 Å². The first-order chi connectivity index (χ1) is 6.79. The fourth-order valence-electron chi connectivity index (χ4n) is 2.23. The van der Waals surface area contributed by atoms with Crippen LogP contribution in [0.3, 0.4) is 0 Å². The topological polar surface area (TPSA) is 50.9 Å². The summed E-state index contributed by atoms with van der Waals surface area (Å²) in [7, 11) is 0. The van der Waals surface area contributed by atoms with Crippen LogP contribution in [0.2, 0.25) is 0 Å². The molecule has 0 saturated heterocycles. The molecular formula is C10H17N3S. The Hall–Kier alpha value is -0.770. The molecule has 14 heavy (non-hydrogen) atoms. The van der Waals surface area contributed by atoms with Crippen LogP contribution in [0, 0.1) is 5.92 Å². The van der Waals surface area contributed by atoms with E-state index in [0.717, 1.165) is 16.1 Å². The maximum Gasteiger partial charge on any atom is 0.184 e. The lowest BCUT2D eigenvalue weighted by molar-refractivity contribution is 0.489. The molecule has 1 aliphatic rings. The first-order valence-corrected chi connectivity index (χ1v) is 6.09. The molecular weight excluding hydrogens is 194 g/mol. The molecule has 0 amide bonds. The van der Waals surface area contributed by atoms with Gasteiger partial charge in [-0.1, -0.05) is 31.1 Å². The number of nitrogens with two attached hydrogens (primary N) is 1. The third-order valence-corrected chi connectivity index (χ3v) is 3.77. The summed E-state index contributed by atoms with van der Waals surface area (Å²) in [5.41, 5.74) is 5.64. The summed E-state index contributed by atoms with van der Waals surface area (Å²) in [4.78, 5) is 4.23. The second-order valence-electron chi connectivity index (χ2n) is 3.92. The monoisotopic (exact) mass is 211 g/mol. The molecule has 0 bridgehead atoms. The van der Waals surface area contributed by atoms with Gasteiger partial charge >= 0.3 is 0 Å². The molecule has 2 unspecified atom stereocenters. The maximum atomic E-state index is 5.64. The fraction of sp³-hybridized carbons (Fsp3) is 0.700. The van der Waals surface area contributed by atoms with Crippen molar-refractivity contribution >= 4 is 21.5 Å². The number of nitrogens with zero attached hydrogens (tertiary/aromatic N) is 1. The van der Waals surface area contributed by atoms with E-state index in [1.54, 1.807) is 17.5 Å². The first-order valence-electron chi connectivity index (χ1n) is 5.27. The third kappa shape index (κ3) is 2.00. The van der Waals surface area contributed by atoms with Crippen LogP contribution < -0.4 is 11.1 Å². The Balaban J connectivity index is 1.96. The molecule has 1 fully saturated rings. The van der Waals surface area contributed by atoms with Crippen molar-refractivity contribution in [3.05, 3.63) is 6.20 Å². The van der Waals surface area contributed by atoms with Gasteiger partial charge in [-0.15, -0.1) is 0 Å². The lowest BCUT2D eigenvalue weighted by atomic mass is 10.0. The number of nitrogen functional groups attached to an aromatic ring is 1. The van der Waals surface area contributed by atoms with Gasteiger partial charge in [0.25, 0.3) is 0 Å². The molecule has 0 radical (unpaired) electrons. The number of nitrogens with one attached hydrogen (secondary N) is 1. The molecule has 1 aromatic rings. The highest BCUT2D eigenvalue weighted by atomic mass is 32.1. The Morgan fingerprint density at radius 1 is 1.64 bits per heavy atom. The van der Waals surface area contributed by atoms with Gasteiger partial charge in [0, 0.05) is 6.04 Å². The van der Waals surface area contributed by atoms with E-state index in [2.05, 4.69) is 17.2 Å². The quantitative estimate of drug-likeness (QED) is 0.808. The van der Waals surface area contributed by atoms with E-state index in [1.807, 2.05) is 0 Å². The van der Waals surface area contributed by atoms with Crippen molar-refractivity contribution in [2.75, 3.05) is 11.1 Å². The molecule has 78 valence electrons. The normalized spacial score (nSPS) is 26.6. The molecule has 3 nitrogen and oxygen atoms in total. The van der Waals surface area contributed by atoms with Crippen LogP contribution >= 0.6 is 11.3 Å². The number of aromatic nitrogens is 1. The summed E-state index contributed by atoms with van der Waals surface area (Å²) >= 11 is 1.54. The highest BCUT2D eigenvalue weighted by Crippen LogP contribution is 2.32. The van der Waals surface area contributed by atoms with Crippen molar-refractivity contribution in [1.82, 2.24) is 4.98 Å². The third-order valence-electron chi connectivity index (χ3n) is 3.02. The van der Waals surface area contributed by atoms with Crippen LogP contribution in [0.15, 0.2) is 6.20 Å². The van der Waals surface area contributed by atoms with E-state index in [0.29, 0.717) is 6.04 Å². The van der Waals surface area contributed by atoms with Crippen molar-refractivity contribution in [3.63, 3.8) is 0 Å². The average molecular weight is 211 g/mol. The van der Waals surface area contributed by atoms with Crippen LogP contribution in [0.5, 0.6) is 0 Å². The van der Waals surface area contributed by atoms with Gasteiger partial charge in [-0.25, -0.2) is 4.98 Å². The van der Waals surface area contributed by atoms with Crippen molar-refractivity contribution < 1.29 is 0 Å². The molecule has 2 rings (SSSR count). The molecule has 3 N–H and O–H groups in total. The second-order valence-corrected chi connectivity index (χ2v) is 4.98. The summed E-state index contributed by atoms with van der Waals surface area (Å²) in [5, 5.41) is 5.26. The lowest BCUT2D eigenvalue weighted by Crippen LogP contribution is -2.23. The number of hydrogen-bond donors (Lipinski definition) is 2. The van der Waals surface area contributed by atoms with Gasteiger partial charge in [0.05, 0.1) is 6.20 Å². The van der Waals surface area contributed by atoms with E-state index in [1.165, 1.54) is 25.7 Å². The van der Waals surface area contributed by atoms with Gasteiger partial charge < -0.3 is 11.1 Å². The van der Waals surface area contributed by atoms with E-state index in [9.17, 15) is 0 Å². The Kier molecular flexibility index (Phi) is 2.91. The van der Waals surface area contributed by atoms with Gasteiger partial charge in [0.1, 0.15) is 5.00 Å². The van der Waals surface area contributed by atoms with Crippen molar-refractivity contribution in [2.45, 2.75) is 38.6 Å². The minimum Gasteiger partial charge on any atom is -0.389 e. The molecule has 1 aromatic heterocycles. The van der Waals surface area contributed by atoms with E-state index >= 15 is 0 Å². The van der Waals surface area contributed by atoms with Crippen molar-refractivity contribution in [1.29, 1.82) is 0 Å². The Labute approximate surface area is 88.7 Å². The summed E-state index contributed by atoms with van der Waals surface area (Å²) in [6, 6.07) is 0.616. The van der Waals surface area contributed by atoms with E-state index in [-0.39, 0.29) is 0 Å².